The van der Waals surface area contributed by atoms with Gasteiger partial charge in [0.15, 0.2) is 6.20 Å². The van der Waals surface area contributed by atoms with Crippen LogP contribution in [-0.4, -0.2) is 29.8 Å². The number of ether oxygens (including phenoxy) is 1. The molecule has 4 aliphatic rings. The largest absolute Gasteiger partial charge is 0.493 e. The van der Waals surface area contributed by atoms with Crippen LogP contribution in [0.3, 0.4) is 0 Å². The van der Waals surface area contributed by atoms with Crippen molar-refractivity contribution in [3.05, 3.63) is 48.6 Å². The summed E-state index contributed by atoms with van der Waals surface area (Å²) in [5.74, 6) is 1.72. The van der Waals surface area contributed by atoms with Crippen LogP contribution in [0, 0.1) is 5.92 Å². The van der Waals surface area contributed by atoms with Gasteiger partial charge in [0.05, 0.1) is 37.0 Å². The molecule has 2 aliphatic carbocycles. The molecule has 0 radical (unpaired) electrons. The van der Waals surface area contributed by atoms with Crippen molar-refractivity contribution in [1.29, 1.82) is 0 Å². The fourth-order valence-corrected chi connectivity index (χ4v) is 3.65. The van der Waals surface area contributed by atoms with Crippen LogP contribution in [0.1, 0.15) is 32.1 Å². The smallest absolute Gasteiger partial charge is 0.225 e. The highest BCUT2D eigenvalue weighted by molar-refractivity contribution is 5.82. The van der Waals surface area contributed by atoms with Crippen molar-refractivity contribution in [2.45, 2.75) is 38.1 Å². The van der Waals surface area contributed by atoms with Gasteiger partial charge < -0.3 is 4.74 Å². The Morgan fingerprint density at radius 3 is 2.88 bits per heavy atom. The highest BCUT2D eigenvalue weighted by atomic mass is 16.5. The summed E-state index contributed by atoms with van der Waals surface area (Å²) < 4.78 is 6.52. The van der Waals surface area contributed by atoms with Crippen molar-refractivity contribution in [2.75, 3.05) is 11.6 Å². The molecule has 5 heteroatoms. The molecule has 1 aromatic rings. The van der Waals surface area contributed by atoms with E-state index >= 15 is 0 Å². The second kappa shape index (κ2) is 5.85. The van der Waals surface area contributed by atoms with Crippen LogP contribution in [0.25, 0.3) is 0 Å². The molecule has 1 atom stereocenters. The molecule has 0 bridgehead atoms. The minimum Gasteiger partial charge on any atom is -0.493 e. The molecule has 0 aromatic heterocycles. The number of benzene rings is 1. The monoisotopic (exact) mass is 335 g/mol. The molecule has 25 heavy (non-hydrogen) atoms. The summed E-state index contributed by atoms with van der Waals surface area (Å²) in [5, 5.41) is 2.46. The molecular formula is C20H23N4O+. The molecule has 0 amide bonds. The Kier molecular flexibility index (Phi) is 3.48. The van der Waals surface area contributed by atoms with Crippen LogP contribution < -0.4 is 9.75 Å². The van der Waals surface area contributed by atoms with E-state index in [2.05, 4.69) is 45.5 Å². The first-order valence-electron chi connectivity index (χ1n) is 9.22. The lowest BCUT2D eigenvalue weighted by Crippen LogP contribution is -2.61. The number of fused-ring (bicyclic) bond motifs is 1. The van der Waals surface area contributed by atoms with Gasteiger partial charge in [0.1, 0.15) is 5.75 Å². The van der Waals surface area contributed by atoms with Gasteiger partial charge in [0.2, 0.25) is 12.0 Å². The Bertz CT molecular complexity index is 789. The molecule has 2 fully saturated rings. The molecule has 5 rings (SSSR count). The second-order valence-corrected chi connectivity index (χ2v) is 7.31. The van der Waals surface area contributed by atoms with E-state index < -0.39 is 0 Å². The molecule has 1 unspecified atom stereocenters. The van der Waals surface area contributed by atoms with Crippen molar-refractivity contribution in [3.8, 4) is 5.75 Å². The minimum atomic E-state index is 0.500. The van der Waals surface area contributed by atoms with Gasteiger partial charge in [-0.15, -0.1) is 4.59 Å². The van der Waals surface area contributed by atoms with E-state index in [0.717, 1.165) is 24.0 Å². The van der Waals surface area contributed by atoms with Gasteiger partial charge in [0.25, 0.3) is 0 Å². The summed E-state index contributed by atoms with van der Waals surface area (Å²) in [7, 11) is 0. The van der Waals surface area contributed by atoms with Gasteiger partial charge in [-0.25, -0.2) is 10.0 Å². The normalized spacial score (nSPS) is 27.0. The first-order valence-corrected chi connectivity index (χ1v) is 9.22. The van der Waals surface area contributed by atoms with Crippen LogP contribution in [0.5, 0.6) is 5.75 Å². The molecule has 0 spiro atoms. The van der Waals surface area contributed by atoms with E-state index in [0.29, 0.717) is 10.6 Å². The quantitative estimate of drug-likeness (QED) is 0.737. The molecule has 0 N–H and O–H groups in total. The van der Waals surface area contributed by atoms with Gasteiger partial charge in [0, 0.05) is 6.07 Å². The Hall–Kier alpha value is -2.40. The second-order valence-electron chi connectivity index (χ2n) is 7.31. The Morgan fingerprint density at radius 2 is 2.08 bits per heavy atom. The third-order valence-electron chi connectivity index (χ3n) is 5.49. The molecule has 2 heterocycles. The van der Waals surface area contributed by atoms with E-state index in [1.54, 1.807) is 0 Å². The zero-order chi connectivity index (χ0) is 16.7. The van der Waals surface area contributed by atoms with Crippen LogP contribution in [0.15, 0.2) is 58.5 Å². The number of allylic oxidation sites excluding steroid dienone is 1. The zero-order valence-corrected chi connectivity index (χ0v) is 14.3. The predicted molar refractivity (Wildman–Crippen MR) is 99.2 cm³/mol. The van der Waals surface area contributed by atoms with Gasteiger partial charge in [-0.3, -0.25) is 4.99 Å². The number of nitrogens with zero attached hydrogens (tertiary/aromatic N) is 4. The Labute approximate surface area is 148 Å². The fourth-order valence-electron chi connectivity index (χ4n) is 3.65. The summed E-state index contributed by atoms with van der Waals surface area (Å²) in [4.78, 5) is 8.74. The lowest BCUT2D eigenvalue weighted by Gasteiger charge is -2.46. The lowest BCUT2D eigenvalue weighted by molar-refractivity contribution is -0.746. The summed E-state index contributed by atoms with van der Waals surface area (Å²) in [5.41, 5.74) is 2.26. The average molecular weight is 335 g/mol. The molecule has 128 valence electrons. The molecule has 0 saturated heterocycles. The number of aliphatic imine (C=N–C) groups is 2. The summed E-state index contributed by atoms with van der Waals surface area (Å²) in [6.45, 7) is 0.839. The Balaban J connectivity index is 1.50. The number of hydrogen-bond acceptors (Lipinski definition) is 4. The highest BCUT2D eigenvalue weighted by Gasteiger charge is 2.46. The zero-order valence-electron chi connectivity index (χ0n) is 14.3. The van der Waals surface area contributed by atoms with Gasteiger partial charge in [-0.05, 0) is 50.2 Å². The lowest BCUT2D eigenvalue weighted by atomic mass is 9.91. The molecule has 1 aromatic carbocycles. The van der Waals surface area contributed by atoms with E-state index in [1.807, 2.05) is 25.0 Å². The van der Waals surface area contributed by atoms with E-state index in [9.17, 15) is 0 Å². The maximum Gasteiger partial charge on any atom is 0.225 e. The third kappa shape index (κ3) is 2.59. The fraction of sp³-hybridized carbons (Fsp3) is 0.400. The third-order valence-corrected chi connectivity index (χ3v) is 5.49. The average Bonchev–Trinajstić information content (AvgIpc) is 3.33. The van der Waals surface area contributed by atoms with Crippen molar-refractivity contribution in [2.24, 2.45) is 15.9 Å². The molecule has 5 nitrogen and oxygen atoms in total. The topological polar surface area (TPSA) is 37.2 Å². The van der Waals surface area contributed by atoms with Crippen LogP contribution in [0.4, 0.5) is 5.69 Å². The number of anilines is 1. The van der Waals surface area contributed by atoms with Gasteiger partial charge in [-0.1, -0.05) is 6.07 Å². The van der Waals surface area contributed by atoms with Crippen molar-refractivity contribution >= 4 is 18.2 Å². The van der Waals surface area contributed by atoms with Crippen molar-refractivity contribution in [3.63, 3.8) is 0 Å². The standard InChI is InChI=1S/C20H23N4O/c1-3-17(4-1)23(24-10-9-21-12-19(24)13-22-15-24)18-5-2-6-20(11-18)25-14-16-7-8-16/h2,5-6,9-13,15-17H,1,3-4,7-8,14H2/q+1. The first-order chi connectivity index (χ1) is 12.4. The summed E-state index contributed by atoms with van der Waals surface area (Å²) >= 11 is 0. The summed E-state index contributed by atoms with van der Waals surface area (Å²) in [6.07, 6.45) is 16.1. The van der Waals surface area contributed by atoms with Crippen LogP contribution in [-0.2, 0) is 0 Å². The van der Waals surface area contributed by atoms with Crippen LogP contribution >= 0.6 is 0 Å². The maximum absolute atomic E-state index is 6.02. The van der Waals surface area contributed by atoms with Crippen molar-refractivity contribution < 1.29 is 9.33 Å². The maximum atomic E-state index is 6.02. The molecule has 2 aliphatic heterocycles. The van der Waals surface area contributed by atoms with Gasteiger partial charge in [-0.2, -0.15) is 0 Å². The number of rotatable bonds is 6. The van der Waals surface area contributed by atoms with Crippen LogP contribution in [0.2, 0.25) is 0 Å². The van der Waals surface area contributed by atoms with E-state index in [1.165, 1.54) is 37.8 Å². The number of quaternary nitrogens is 1. The molecular weight excluding hydrogens is 312 g/mol. The Morgan fingerprint density at radius 1 is 1.16 bits per heavy atom. The predicted octanol–water partition coefficient (Wildman–Crippen LogP) is 4.01. The highest BCUT2D eigenvalue weighted by Crippen LogP contribution is 2.40. The minimum absolute atomic E-state index is 0.500. The SMILES string of the molecule is C1=C[N+]2(N(c3cccc(OCC4CC4)c3)C3CCC3)C=NC=C2C=N1. The summed E-state index contributed by atoms with van der Waals surface area (Å²) in [6, 6.07) is 9.02. The van der Waals surface area contributed by atoms with E-state index in [-0.39, 0.29) is 0 Å². The van der Waals surface area contributed by atoms with Crippen molar-refractivity contribution in [1.82, 2.24) is 0 Å². The van der Waals surface area contributed by atoms with Gasteiger partial charge >= 0.3 is 0 Å². The van der Waals surface area contributed by atoms with E-state index in [4.69, 9.17) is 4.74 Å². The molecule has 2 saturated carbocycles. The first kappa shape index (κ1) is 14.9. The number of hydrogen-bond donors (Lipinski definition) is 0.